The van der Waals surface area contributed by atoms with Crippen molar-refractivity contribution in [1.29, 1.82) is 0 Å². The molecule has 0 aliphatic heterocycles. The molecule has 2 rings (SSSR count). The van der Waals surface area contributed by atoms with Crippen molar-refractivity contribution in [3.8, 4) is 0 Å². The van der Waals surface area contributed by atoms with Gasteiger partial charge in [-0.2, -0.15) is 5.10 Å². The lowest BCUT2D eigenvalue weighted by atomic mass is 9.87. The van der Waals surface area contributed by atoms with Crippen LogP contribution in [-0.4, -0.2) is 10.2 Å². The van der Waals surface area contributed by atoms with Crippen LogP contribution in [0.1, 0.15) is 43.7 Å². The molecule has 1 fully saturated rings. The monoisotopic (exact) mass is 212 g/mol. The normalized spacial score (nSPS) is 18.4. The zero-order valence-corrected chi connectivity index (χ0v) is 8.68. The van der Waals surface area contributed by atoms with Crippen molar-refractivity contribution in [2.24, 2.45) is 0 Å². The quantitative estimate of drug-likeness (QED) is 0.778. The minimum absolute atomic E-state index is 0.251. The number of hydrogen-bond donors (Lipinski definition) is 1. The molecule has 0 saturated heterocycles. The maximum absolute atomic E-state index is 11.0. The van der Waals surface area contributed by atoms with Crippen LogP contribution in [0, 0.1) is 0 Å². The first-order valence-corrected chi connectivity index (χ1v) is 5.40. The Hall–Kier alpha value is -0.830. The first-order chi connectivity index (χ1) is 6.77. The number of aromatic nitrogens is 2. The Labute approximate surface area is 87.5 Å². The van der Waals surface area contributed by atoms with Gasteiger partial charge in [-0.3, -0.25) is 4.79 Å². The van der Waals surface area contributed by atoms with E-state index in [1.807, 2.05) is 0 Å². The van der Waals surface area contributed by atoms with Gasteiger partial charge in [-0.1, -0.05) is 30.9 Å². The van der Waals surface area contributed by atoms with Crippen molar-refractivity contribution < 1.29 is 0 Å². The van der Waals surface area contributed by atoms with Crippen LogP contribution >= 0.6 is 11.6 Å². The molecule has 1 aromatic heterocycles. The molecule has 4 heteroatoms. The lowest BCUT2D eigenvalue weighted by molar-refractivity contribution is 0.433. The standard InChI is InChI=1S/C10H13ClN2O/c11-8-6-9(12-13-10(8)14)7-4-2-1-3-5-7/h6-7H,1-5H2,(H,13,14). The molecule has 1 aliphatic rings. The Balaban J connectivity index is 2.22. The fourth-order valence-electron chi connectivity index (χ4n) is 2.00. The van der Waals surface area contributed by atoms with E-state index < -0.39 is 0 Å². The lowest BCUT2D eigenvalue weighted by Gasteiger charge is -2.20. The van der Waals surface area contributed by atoms with Gasteiger partial charge in [0, 0.05) is 5.92 Å². The third kappa shape index (κ3) is 1.98. The van der Waals surface area contributed by atoms with Crippen LogP contribution in [0.4, 0.5) is 0 Å². The number of nitrogens with zero attached hydrogens (tertiary/aromatic N) is 1. The van der Waals surface area contributed by atoms with E-state index in [1.54, 1.807) is 6.07 Å². The molecule has 14 heavy (non-hydrogen) atoms. The van der Waals surface area contributed by atoms with Gasteiger partial charge in [0.1, 0.15) is 5.02 Å². The fraction of sp³-hybridized carbons (Fsp3) is 0.600. The summed E-state index contributed by atoms with van der Waals surface area (Å²) < 4.78 is 0. The molecule has 0 amide bonds. The van der Waals surface area contributed by atoms with Gasteiger partial charge < -0.3 is 0 Å². The summed E-state index contributed by atoms with van der Waals surface area (Å²) in [5, 5.41) is 6.72. The summed E-state index contributed by atoms with van der Waals surface area (Å²) in [6, 6.07) is 1.70. The number of H-pyrrole nitrogens is 1. The largest absolute Gasteiger partial charge is 0.282 e. The molecule has 0 atom stereocenters. The summed E-state index contributed by atoms with van der Waals surface area (Å²) in [6.45, 7) is 0. The molecule has 0 bridgehead atoms. The third-order valence-corrected chi connectivity index (χ3v) is 3.08. The van der Waals surface area contributed by atoms with Gasteiger partial charge >= 0.3 is 0 Å². The zero-order valence-electron chi connectivity index (χ0n) is 7.92. The van der Waals surface area contributed by atoms with Crippen LogP contribution in [-0.2, 0) is 0 Å². The molecule has 1 aliphatic carbocycles. The molecular weight excluding hydrogens is 200 g/mol. The van der Waals surface area contributed by atoms with E-state index in [9.17, 15) is 4.79 Å². The summed E-state index contributed by atoms with van der Waals surface area (Å²) in [5.41, 5.74) is 0.639. The molecule has 0 spiro atoms. The third-order valence-electron chi connectivity index (χ3n) is 2.80. The Bertz CT molecular complexity index is 369. The van der Waals surface area contributed by atoms with Gasteiger partial charge in [0.15, 0.2) is 0 Å². The van der Waals surface area contributed by atoms with Crippen LogP contribution in [0.3, 0.4) is 0 Å². The number of aromatic amines is 1. The molecule has 3 nitrogen and oxygen atoms in total. The topological polar surface area (TPSA) is 45.8 Å². The highest BCUT2D eigenvalue weighted by Crippen LogP contribution is 2.31. The van der Waals surface area contributed by atoms with E-state index >= 15 is 0 Å². The lowest BCUT2D eigenvalue weighted by Crippen LogP contribution is -2.14. The zero-order chi connectivity index (χ0) is 9.97. The highest BCUT2D eigenvalue weighted by Gasteiger charge is 2.17. The summed E-state index contributed by atoms with van der Waals surface area (Å²) >= 11 is 5.75. The van der Waals surface area contributed by atoms with Crippen molar-refractivity contribution >= 4 is 11.6 Å². The SMILES string of the molecule is O=c1[nH]nc(C2CCCCC2)cc1Cl. The molecule has 1 saturated carbocycles. The minimum atomic E-state index is -0.300. The van der Waals surface area contributed by atoms with Crippen molar-refractivity contribution in [3.63, 3.8) is 0 Å². The summed E-state index contributed by atoms with van der Waals surface area (Å²) in [7, 11) is 0. The Morgan fingerprint density at radius 2 is 2.07 bits per heavy atom. The van der Waals surface area contributed by atoms with Gasteiger partial charge in [-0.25, -0.2) is 5.10 Å². The van der Waals surface area contributed by atoms with Gasteiger partial charge in [-0.05, 0) is 18.9 Å². The average Bonchev–Trinajstić information content (AvgIpc) is 2.23. The molecule has 1 heterocycles. The molecule has 1 aromatic rings. The van der Waals surface area contributed by atoms with E-state index in [4.69, 9.17) is 11.6 Å². The second-order valence-electron chi connectivity index (χ2n) is 3.80. The van der Waals surface area contributed by atoms with Crippen LogP contribution in [0.25, 0.3) is 0 Å². The number of hydrogen-bond acceptors (Lipinski definition) is 2. The van der Waals surface area contributed by atoms with Crippen LogP contribution in [0.2, 0.25) is 5.02 Å². The highest BCUT2D eigenvalue weighted by molar-refractivity contribution is 6.30. The fourth-order valence-corrected chi connectivity index (χ4v) is 2.16. The summed E-state index contributed by atoms with van der Waals surface area (Å²) in [4.78, 5) is 11.0. The second-order valence-corrected chi connectivity index (χ2v) is 4.21. The Kier molecular flexibility index (Phi) is 2.87. The maximum Gasteiger partial charge on any atom is 0.282 e. The predicted molar refractivity (Wildman–Crippen MR) is 55.7 cm³/mol. The van der Waals surface area contributed by atoms with E-state index in [1.165, 1.54) is 19.3 Å². The summed E-state index contributed by atoms with van der Waals surface area (Å²) in [6.07, 6.45) is 6.14. The molecule has 76 valence electrons. The molecule has 0 aromatic carbocycles. The first kappa shape index (κ1) is 9.71. The van der Waals surface area contributed by atoms with Crippen molar-refractivity contribution in [1.82, 2.24) is 10.2 Å². The molecule has 1 N–H and O–H groups in total. The van der Waals surface area contributed by atoms with Crippen LogP contribution in [0.5, 0.6) is 0 Å². The van der Waals surface area contributed by atoms with E-state index in [0.717, 1.165) is 18.5 Å². The van der Waals surface area contributed by atoms with Crippen molar-refractivity contribution in [2.75, 3.05) is 0 Å². The smallest absolute Gasteiger partial charge is 0.266 e. The number of rotatable bonds is 1. The van der Waals surface area contributed by atoms with Crippen molar-refractivity contribution in [3.05, 3.63) is 27.1 Å². The average molecular weight is 213 g/mol. The predicted octanol–water partition coefficient (Wildman–Crippen LogP) is 2.47. The van der Waals surface area contributed by atoms with E-state index in [-0.39, 0.29) is 10.6 Å². The van der Waals surface area contributed by atoms with Crippen LogP contribution < -0.4 is 5.56 Å². The van der Waals surface area contributed by atoms with E-state index in [2.05, 4.69) is 10.2 Å². The molecule has 0 unspecified atom stereocenters. The van der Waals surface area contributed by atoms with Crippen molar-refractivity contribution in [2.45, 2.75) is 38.0 Å². The van der Waals surface area contributed by atoms with Crippen LogP contribution in [0.15, 0.2) is 10.9 Å². The number of nitrogens with one attached hydrogen (secondary N) is 1. The second kappa shape index (κ2) is 4.13. The minimum Gasteiger partial charge on any atom is -0.266 e. The van der Waals surface area contributed by atoms with Gasteiger partial charge in [0.05, 0.1) is 5.69 Å². The van der Waals surface area contributed by atoms with Gasteiger partial charge in [0.25, 0.3) is 5.56 Å². The Morgan fingerprint density at radius 3 is 2.71 bits per heavy atom. The van der Waals surface area contributed by atoms with E-state index in [0.29, 0.717) is 5.92 Å². The first-order valence-electron chi connectivity index (χ1n) is 5.02. The molecule has 0 radical (unpaired) electrons. The maximum atomic E-state index is 11.0. The summed E-state index contributed by atoms with van der Waals surface area (Å²) in [5.74, 6) is 0.484. The number of halogens is 1. The van der Waals surface area contributed by atoms with Gasteiger partial charge in [0.2, 0.25) is 0 Å². The molecular formula is C10H13ClN2O. The Morgan fingerprint density at radius 1 is 1.36 bits per heavy atom. The van der Waals surface area contributed by atoms with Gasteiger partial charge in [-0.15, -0.1) is 0 Å². The highest BCUT2D eigenvalue weighted by atomic mass is 35.5.